The Bertz CT molecular complexity index is 362. The minimum Gasteiger partial charge on any atom is -0.438 e. The lowest BCUT2D eigenvalue weighted by molar-refractivity contribution is 0.110. The molecule has 0 aromatic carbocycles. The summed E-state index contributed by atoms with van der Waals surface area (Å²) in [5, 5.41) is 0. The van der Waals surface area contributed by atoms with Gasteiger partial charge >= 0.3 is 0 Å². The summed E-state index contributed by atoms with van der Waals surface area (Å²) in [4.78, 5) is 14.9. The fourth-order valence-electron chi connectivity index (χ4n) is 2.26. The van der Waals surface area contributed by atoms with Crippen LogP contribution < -0.4 is 4.90 Å². The van der Waals surface area contributed by atoms with Crippen LogP contribution in [0.15, 0.2) is 16.5 Å². The first-order chi connectivity index (χ1) is 7.69. The molecule has 0 bridgehead atoms. The van der Waals surface area contributed by atoms with E-state index in [1.165, 1.54) is 13.0 Å². The highest BCUT2D eigenvalue weighted by Gasteiger charge is 2.21. The van der Waals surface area contributed by atoms with Gasteiger partial charge in [-0.1, -0.05) is 0 Å². The van der Waals surface area contributed by atoms with Crippen molar-refractivity contribution in [3.63, 3.8) is 0 Å². The van der Waals surface area contributed by atoms with Crippen LogP contribution in [0.3, 0.4) is 0 Å². The highest BCUT2D eigenvalue weighted by molar-refractivity contribution is 5.71. The molecule has 4 heteroatoms. The van der Waals surface area contributed by atoms with Crippen molar-refractivity contribution in [1.29, 1.82) is 0 Å². The molecule has 0 saturated carbocycles. The van der Waals surface area contributed by atoms with Crippen molar-refractivity contribution in [2.24, 2.45) is 5.92 Å². The second-order valence-corrected chi connectivity index (χ2v) is 4.59. The lowest BCUT2D eigenvalue weighted by Gasteiger charge is -2.20. The van der Waals surface area contributed by atoms with E-state index in [2.05, 4.69) is 16.8 Å². The van der Waals surface area contributed by atoms with E-state index in [-0.39, 0.29) is 0 Å². The number of carbonyl (C=O) groups excluding carboxylic acids is 1. The van der Waals surface area contributed by atoms with Crippen LogP contribution in [0.25, 0.3) is 0 Å². The zero-order valence-electron chi connectivity index (χ0n) is 9.85. The molecule has 88 valence electrons. The molecule has 1 aromatic heterocycles. The largest absolute Gasteiger partial charge is 0.438 e. The number of rotatable bonds is 4. The lowest BCUT2D eigenvalue weighted by Crippen LogP contribution is -2.26. The summed E-state index contributed by atoms with van der Waals surface area (Å²) in [7, 11) is 4.16. The third-order valence-electron chi connectivity index (χ3n) is 3.13. The van der Waals surface area contributed by atoms with Gasteiger partial charge in [0.25, 0.3) is 0 Å². The molecule has 4 nitrogen and oxygen atoms in total. The normalized spacial score (nSPS) is 21.2. The van der Waals surface area contributed by atoms with Crippen molar-refractivity contribution in [1.82, 2.24) is 4.90 Å². The van der Waals surface area contributed by atoms with E-state index >= 15 is 0 Å². The highest BCUT2D eigenvalue weighted by atomic mass is 16.4. The van der Waals surface area contributed by atoms with Crippen molar-refractivity contribution in [3.8, 4) is 0 Å². The Morgan fingerprint density at radius 1 is 1.62 bits per heavy atom. The predicted molar refractivity (Wildman–Crippen MR) is 63.0 cm³/mol. The van der Waals surface area contributed by atoms with Gasteiger partial charge in [0, 0.05) is 26.2 Å². The van der Waals surface area contributed by atoms with Crippen molar-refractivity contribution >= 4 is 12.2 Å². The molecule has 2 rings (SSSR count). The van der Waals surface area contributed by atoms with Crippen LogP contribution in [0, 0.1) is 5.92 Å². The summed E-state index contributed by atoms with van der Waals surface area (Å²) < 4.78 is 5.38. The standard InChI is InChI=1S/C12H18N2O2/c1-13-6-5-10(7-13)8-14(2)12-4-3-11(9-15)16-12/h3-4,9-10H,5-8H2,1-2H3. The molecule has 2 heterocycles. The number of nitrogens with zero attached hydrogens (tertiary/aromatic N) is 2. The van der Waals surface area contributed by atoms with E-state index in [1.807, 2.05) is 13.1 Å². The molecule has 0 radical (unpaired) electrons. The minimum absolute atomic E-state index is 0.394. The Hall–Kier alpha value is -1.29. The van der Waals surface area contributed by atoms with Crippen molar-refractivity contribution < 1.29 is 9.21 Å². The molecule has 0 amide bonds. The van der Waals surface area contributed by atoms with Gasteiger partial charge in [-0.2, -0.15) is 0 Å². The fraction of sp³-hybridized carbons (Fsp3) is 0.583. The molecule has 0 aliphatic carbocycles. The van der Waals surface area contributed by atoms with Gasteiger partial charge in [-0.3, -0.25) is 4.79 Å². The fourth-order valence-corrected chi connectivity index (χ4v) is 2.26. The molecule has 1 aliphatic rings. The van der Waals surface area contributed by atoms with Crippen LogP contribution in [0.4, 0.5) is 5.88 Å². The predicted octanol–water partition coefficient (Wildman–Crippen LogP) is 1.48. The molecule has 0 spiro atoms. The number of furan rings is 1. The van der Waals surface area contributed by atoms with Crippen LogP contribution in [0.5, 0.6) is 0 Å². The Kier molecular flexibility index (Phi) is 3.29. The van der Waals surface area contributed by atoms with Crippen LogP contribution in [0.2, 0.25) is 0 Å². The SMILES string of the molecule is CN1CCC(CN(C)c2ccc(C=O)o2)C1. The van der Waals surface area contributed by atoms with E-state index < -0.39 is 0 Å². The maximum atomic E-state index is 10.5. The quantitative estimate of drug-likeness (QED) is 0.723. The smallest absolute Gasteiger partial charge is 0.196 e. The molecular formula is C12H18N2O2. The summed E-state index contributed by atoms with van der Waals surface area (Å²) in [6.45, 7) is 3.30. The van der Waals surface area contributed by atoms with E-state index in [0.29, 0.717) is 11.7 Å². The molecule has 1 atom stereocenters. The third kappa shape index (κ3) is 2.44. The molecule has 0 N–H and O–H groups in total. The molecule has 1 fully saturated rings. The second-order valence-electron chi connectivity index (χ2n) is 4.59. The summed E-state index contributed by atoms with van der Waals surface area (Å²) in [6.07, 6.45) is 1.97. The van der Waals surface area contributed by atoms with Gasteiger partial charge in [0.15, 0.2) is 17.9 Å². The Morgan fingerprint density at radius 3 is 3.00 bits per heavy atom. The Balaban J connectivity index is 1.92. The second kappa shape index (κ2) is 4.70. The van der Waals surface area contributed by atoms with E-state index in [4.69, 9.17) is 4.42 Å². The molecule has 1 aromatic rings. The van der Waals surface area contributed by atoms with E-state index in [0.717, 1.165) is 25.3 Å². The monoisotopic (exact) mass is 222 g/mol. The average molecular weight is 222 g/mol. The van der Waals surface area contributed by atoms with Gasteiger partial charge in [0.05, 0.1) is 0 Å². The third-order valence-corrected chi connectivity index (χ3v) is 3.13. The zero-order chi connectivity index (χ0) is 11.5. The first-order valence-corrected chi connectivity index (χ1v) is 5.63. The van der Waals surface area contributed by atoms with E-state index in [1.54, 1.807) is 6.07 Å². The minimum atomic E-state index is 0.394. The van der Waals surface area contributed by atoms with Crippen molar-refractivity contribution in [3.05, 3.63) is 17.9 Å². The van der Waals surface area contributed by atoms with Gasteiger partial charge in [0.2, 0.25) is 0 Å². The van der Waals surface area contributed by atoms with E-state index in [9.17, 15) is 4.79 Å². The van der Waals surface area contributed by atoms with Gasteiger partial charge in [-0.15, -0.1) is 0 Å². The van der Waals surface area contributed by atoms with Gasteiger partial charge in [0.1, 0.15) is 0 Å². The van der Waals surface area contributed by atoms with Crippen LogP contribution >= 0.6 is 0 Å². The summed E-state index contributed by atoms with van der Waals surface area (Å²) in [5.41, 5.74) is 0. The maximum absolute atomic E-state index is 10.5. The Labute approximate surface area is 95.8 Å². The summed E-state index contributed by atoms with van der Waals surface area (Å²) in [6, 6.07) is 3.56. The van der Waals surface area contributed by atoms with Crippen LogP contribution in [0.1, 0.15) is 17.0 Å². The first-order valence-electron chi connectivity index (χ1n) is 5.63. The number of carbonyl (C=O) groups is 1. The topological polar surface area (TPSA) is 36.7 Å². The molecule has 1 unspecified atom stereocenters. The maximum Gasteiger partial charge on any atom is 0.196 e. The molecule has 1 saturated heterocycles. The van der Waals surface area contributed by atoms with Gasteiger partial charge in [-0.25, -0.2) is 0 Å². The summed E-state index contributed by atoms with van der Waals surface area (Å²) >= 11 is 0. The van der Waals surface area contributed by atoms with Crippen LogP contribution in [-0.4, -0.2) is 44.9 Å². The number of anilines is 1. The number of likely N-dealkylation sites (tertiary alicyclic amines) is 1. The molecule has 1 aliphatic heterocycles. The number of hydrogen-bond donors (Lipinski definition) is 0. The zero-order valence-corrected chi connectivity index (χ0v) is 9.85. The van der Waals surface area contributed by atoms with Crippen LogP contribution in [-0.2, 0) is 0 Å². The molecular weight excluding hydrogens is 204 g/mol. The van der Waals surface area contributed by atoms with Gasteiger partial charge < -0.3 is 14.2 Å². The first kappa shape index (κ1) is 11.2. The molecule has 16 heavy (non-hydrogen) atoms. The summed E-state index contributed by atoms with van der Waals surface area (Å²) in [5.74, 6) is 1.86. The number of hydrogen-bond acceptors (Lipinski definition) is 4. The highest BCUT2D eigenvalue weighted by Crippen LogP contribution is 2.21. The van der Waals surface area contributed by atoms with Gasteiger partial charge in [-0.05, 0) is 32.0 Å². The van der Waals surface area contributed by atoms with Crippen molar-refractivity contribution in [2.75, 3.05) is 38.6 Å². The lowest BCUT2D eigenvalue weighted by atomic mass is 10.1. The average Bonchev–Trinajstić information content (AvgIpc) is 2.87. The van der Waals surface area contributed by atoms with Crippen molar-refractivity contribution in [2.45, 2.75) is 6.42 Å². The number of aldehydes is 1. The Morgan fingerprint density at radius 2 is 2.44 bits per heavy atom.